The van der Waals surface area contributed by atoms with Crippen molar-refractivity contribution in [3.8, 4) is 0 Å². The topological polar surface area (TPSA) is 41.8 Å². The summed E-state index contributed by atoms with van der Waals surface area (Å²) < 4.78 is 0. The Kier molecular flexibility index (Phi) is 2.91. The molecule has 1 amide bonds. The molecular formula is C9H12N2O. The van der Waals surface area contributed by atoms with Crippen molar-refractivity contribution < 1.29 is 4.79 Å². The number of carbonyl (C=O) groups is 1. The number of nitrogens with zero attached hydrogens (tertiary/aromatic N) is 2. The Balaban J connectivity index is 2.35. The molecule has 1 rings (SSSR count). The highest BCUT2D eigenvalue weighted by Crippen LogP contribution is 2.14. The Morgan fingerprint density at radius 1 is 1.58 bits per heavy atom. The number of hydrogen-bond acceptors (Lipinski definition) is 2. The van der Waals surface area contributed by atoms with E-state index in [1.807, 2.05) is 13.8 Å². The van der Waals surface area contributed by atoms with Gasteiger partial charge < -0.3 is 0 Å². The molecule has 0 spiro atoms. The zero-order valence-electron chi connectivity index (χ0n) is 7.37. The lowest BCUT2D eigenvalue weighted by Gasteiger charge is -1.94. The minimum atomic E-state index is -0.183. The van der Waals surface area contributed by atoms with Gasteiger partial charge in [-0.25, -0.2) is 0 Å². The molecule has 3 heteroatoms. The summed E-state index contributed by atoms with van der Waals surface area (Å²) in [5.74, 6) is -0.183. The molecule has 1 aliphatic rings. The quantitative estimate of drug-likeness (QED) is 0.591. The molecule has 0 saturated carbocycles. The van der Waals surface area contributed by atoms with Crippen molar-refractivity contribution in [1.29, 1.82) is 0 Å². The van der Waals surface area contributed by atoms with Gasteiger partial charge in [-0.05, 0) is 26.7 Å². The van der Waals surface area contributed by atoms with Crippen molar-refractivity contribution >= 4 is 5.91 Å². The summed E-state index contributed by atoms with van der Waals surface area (Å²) in [4.78, 5) is 10.9. The van der Waals surface area contributed by atoms with Gasteiger partial charge in [0.25, 0.3) is 5.91 Å². The van der Waals surface area contributed by atoms with E-state index < -0.39 is 0 Å². The lowest BCUT2D eigenvalue weighted by atomic mass is 10.1. The fraction of sp³-hybridized carbons (Fsp3) is 0.444. The molecule has 0 aromatic heterocycles. The lowest BCUT2D eigenvalue weighted by molar-refractivity contribution is -0.114. The molecule has 1 aliphatic heterocycles. The van der Waals surface area contributed by atoms with E-state index in [1.54, 1.807) is 6.20 Å². The van der Waals surface area contributed by atoms with Crippen LogP contribution in [0.15, 0.2) is 33.7 Å². The van der Waals surface area contributed by atoms with Crippen LogP contribution in [0.5, 0.6) is 0 Å². The molecule has 0 aliphatic carbocycles. The summed E-state index contributed by atoms with van der Waals surface area (Å²) in [6.45, 7) is 4.08. The fourth-order valence-electron chi connectivity index (χ4n) is 0.958. The second-order valence-electron chi connectivity index (χ2n) is 3.00. The largest absolute Gasteiger partial charge is 0.292 e. The van der Waals surface area contributed by atoms with E-state index in [9.17, 15) is 4.79 Å². The van der Waals surface area contributed by atoms with E-state index in [0.29, 0.717) is 5.57 Å². The van der Waals surface area contributed by atoms with E-state index in [4.69, 9.17) is 0 Å². The van der Waals surface area contributed by atoms with E-state index in [2.05, 4.69) is 16.3 Å². The lowest BCUT2D eigenvalue weighted by Crippen LogP contribution is -1.93. The van der Waals surface area contributed by atoms with Crippen molar-refractivity contribution in [2.24, 2.45) is 10.2 Å². The average Bonchev–Trinajstić information content (AvgIpc) is 2.36. The Labute approximate surface area is 71.9 Å². The van der Waals surface area contributed by atoms with E-state index >= 15 is 0 Å². The smallest absolute Gasteiger partial charge is 0.265 e. The molecule has 0 aromatic rings. The SMILES string of the molecule is CC(C)=CCCC1=CN=NC1=O. The Morgan fingerprint density at radius 2 is 2.33 bits per heavy atom. The molecule has 1 heterocycles. The average molecular weight is 164 g/mol. The summed E-state index contributed by atoms with van der Waals surface area (Å²) in [6, 6.07) is 0. The van der Waals surface area contributed by atoms with Crippen LogP contribution in [0.2, 0.25) is 0 Å². The van der Waals surface area contributed by atoms with Crippen LogP contribution in [0.25, 0.3) is 0 Å². The van der Waals surface area contributed by atoms with Crippen LogP contribution in [0.1, 0.15) is 26.7 Å². The summed E-state index contributed by atoms with van der Waals surface area (Å²) in [5, 5.41) is 6.92. The predicted octanol–water partition coefficient (Wildman–Crippen LogP) is 2.61. The summed E-state index contributed by atoms with van der Waals surface area (Å²) in [6.07, 6.45) is 5.29. The van der Waals surface area contributed by atoms with Gasteiger partial charge in [-0.15, -0.1) is 5.11 Å². The third-order valence-electron chi connectivity index (χ3n) is 1.60. The first-order valence-corrected chi connectivity index (χ1v) is 3.98. The van der Waals surface area contributed by atoms with Gasteiger partial charge in [-0.2, -0.15) is 5.11 Å². The predicted molar refractivity (Wildman–Crippen MR) is 46.6 cm³/mol. The van der Waals surface area contributed by atoms with Crippen molar-refractivity contribution in [2.45, 2.75) is 26.7 Å². The first-order chi connectivity index (χ1) is 5.70. The second kappa shape index (κ2) is 3.95. The first kappa shape index (κ1) is 8.84. The molecule has 0 bridgehead atoms. The zero-order chi connectivity index (χ0) is 8.97. The third kappa shape index (κ3) is 2.42. The number of carbonyl (C=O) groups excluding carboxylic acids is 1. The number of azo groups is 1. The summed E-state index contributed by atoms with van der Waals surface area (Å²) in [7, 11) is 0. The van der Waals surface area contributed by atoms with Crippen LogP contribution in [-0.4, -0.2) is 5.91 Å². The van der Waals surface area contributed by atoms with Crippen LogP contribution >= 0.6 is 0 Å². The molecule has 0 unspecified atom stereocenters. The van der Waals surface area contributed by atoms with Gasteiger partial charge in [0.2, 0.25) is 0 Å². The van der Waals surface area contributed by atoms with Crippen LogP contribution in [0.3, 0.4) is 0 Å². The van der Waals surface area contributed by atoms with Gasteiger partial charge in [-0.1, -0.05) is 11.6 Å². The van der Waals surface area contributed by atoms with Gasteiger partial charge in [-0.3, -0.25) is 4.79 Å². The van der Waals surface area contributed by atoms with Crippen LogP contribution in [0.4, 0.5) is 0 Å². The molecule has 64 valence electrons. The first-order valence-electron chi connectivity index (χ1n) is 3.98. The minimum Gasteiger partial charge on any atom is -0.265 e. The highest BCUT2D eigenvalue weighted by Gasteiger charge is 2.11. The number of rotatable bonds is 3. The Hall–Kier alpha value is -1.25. The van der Waals surface area contributed by atoms with Crippen molar-refractivity contribution in [3.05, 3.63) is 23.4 Å². The standard InChI is InChI=1S/C9H12N2O/c1-7(2)4-3-5-8-6-10-11-9(8)12/h4,6H,3,5H2,1-2H3. The molecule has 12 heavy (non-hydrogen) atoms. The van der Waals surface area contributed by atoms with Gasteiger partial charge >= 0.3 is 0 Å². The van der Waals surface area contributed by atoms with E-state index in [-0.39, 0.29) is 5.91 Å². The van der Waals surface area contributed by atoms with Gasteiger partial charge in [0.15, 0.2) is 0 Å². The van der Waals surface area contributed by atoms with Gasteiger partial charge in [0.05, 0.1) is 6.20 Å². The monoisotopic (exact) mass is 164 g/mol. The molecule has 0 fully saturated rings. The van der Waals surface area contributed by atoms with Crippen molar-refractivity contribution in [2.75, 3.05) is 0 Å². The number of allylic oxidation sites excluding steroid dienone is 2. The zero-order valence-corrected chi connectivity index (χ0v) is 7.37. The maximum atomic E-state index is 10.9. The molecule has 3 nitrogen and oxygen atoms in total. The minimum absolute atomic E-state index is 0.183. The van der Waals surface area contributed by atoms with Crippen LogP contribution in [-0.2, 0) is 4.79 Å². The summed E-state index contributed by atoms with van der Waals surface area (Å²) in [5.41, 5.74) is 1.99. The molecule has 0 radical (unpaired) electrons. The Morgan fingerprint density at radius 3 is 2.83 bits per heavy atom. The summed E-state index contributed by atoms with van der Waals surface area (Å²) >= 11 is 0. The third-order valence-corrected chi connectivity index (χ3v) is 1.60. The molecular weight excluding hydrogens is 152 g/mol. The maximum absolute atomic E-state index is 10.9. The normalized spacial score (nSPS) is 14.8. The van der Waals surface area contributed by atoms with Crippen molar-refractivity contribution in [1.82, 2.24) is 0 Å². The molecule has 0 aromatic carbocycles. The highest BCUT2D eigenvalue weighted by molar-refractivity contribution is 5.95. The van der Waals surface area contributed by atoms with E-state index in [1.165, 1.54) is 5.57 Å². The highest BCUT2D eigenvalue weighted by atomic mass is 16.2. The molecule has 0 saturated heterocycles. The number of hydrogen-bond donors (Lipinski definition) is 0. The van der Waals surface area contributed by atoms with Crippen molar-refractivity contribution in [3.63, 3.8) is 0 Å². The number of amides is 1. The Bertz CT molecular complexity index is 270. The second-order valence-corrected chi connectivity index (χ2v) is 3.00. The van der Waals surface area contributed by atoms with Gasteiger partial charge in [0, 0.05) is 5.57 Å². The van der Waals surface area contributed by atoms with Crippen LogP contribution in [0, 0.1) is 0 Å². The van der Waals surface area contributed by atoms with Gasteiger partial charge in [0.1, 0.15) is 0 Å². The van der Waals surface area contributed by atoms with E-state index in [0.717, 1.165) is 12.8 Å². The van der Waals surface area contributed by atoms with Crippen LogP contribution < -0.4 is 0 Å². The fourth-order valence-corrected chi connectivity index (χ4v) is 0.958. The maximum Gasteiger partial charge on any atom is 0.292 e. The molecule has 0 N–H and O–H groups in total. The molecule has 0 atom stereocenters.